The van der Waals surface area contributed by atoms with Gasteiger partial charge in [0.15, 0.2) is 0 Å². The molecular weight excluding hydrogens is 467 g/mol. The number of benzene rings is 3. The van der Waals surface area contributed by atoms with Crippen LogP contribution in [-0.4, -0.2) is 27.1 Å². The predicted octanol–water partition coefficient (Wildman–Crippen LogP) is 4.88. The standard InChI is InChI=1S/C27H31FN2O4S/c1-20-6-4-7-26(21(20)2)30(35(3,32)33)17-5-8-27(31)29-18-22-11-15-25(16-12-22)34-19-23-9-13-24(28)14-10-23/h4,6-7,9-16H,5,8,17-19H2,1-3H3,(H,29,31). The summed E-state index contributed by atoms with van der Waals surface area (Å²) in [6.45, 7) is 4.77. The third kappa shape index (κ3) is 7.82. The molecule has 0 bridgehead atoms. The van der Waals surface area contributed by atoms with Crippen LogP contribution >= 0.6 is 0 Å². The molecule has 0 heterocycles. The van der Waals surface area contributed by atoms with Gasteiger partial charge in [0.05, 0.1) is 11.9 Å². The predicted molar refractivity (Wildman–Crippen MR) is 136 cm³/mol. The SMILES string of the molecule is Cc1cccc(N(CCCC(=O)NCc2ccc(OCc3ccc(F)cc3)cc2)S(C)(=O)=O)c1C. The van der Waals surface area contributed by atoms with Crippen molar-refractivity contribution in [1.29, 1.82) is 0 Å². The molecule has 0 saturated heterocycles. The number of aryl methyl sites for hydroxylation is 1. The van der Waals surface area contributed by atoms with Crippen LogP contribution < -0.4 is 14.4 Å². The smallest absolute Gasteiger partial charge is 0.232 e. The highest BCUT2D eigenvalue weighted by Gasteiger charge is 2.19. The van der Waals surface area contributed by atoms with Crippen molar-refractivity contribution >= 4 is 21.6 Å². The van der Waals surface area contributed by atoms with Crippen LogP contribution in [0.3, 0.4) is 0 Å². The molecular formula is C27H31FN2O4S. The van der Waals surface area contributed by atoms with E-state index in [0.29, 0.717) is 31.0 Å². The quantitative estimate of drug-likeness (QED) is 0.409. The molecule has 0 saturated carbocycles. The summed E-state index contributed by atoms with van der Waals surface area (Å²) < 4.78 is 44.7. The molecule has 1 amide bonds. The van der Waals surface area contributed by atoms with Gasteiger partial charge in [0.2, 0.25) is 15.9 Å². The Balaban J connectivity index is 1.45. The summed E-state index contributed by atoms with van der Waals surface area (Å²) in [5.74, 6) is 0.252. The number of ether oxygens (including phenoxy) is 1. The van der Waals surface area contributed by atoms with Crippen LogP contribution in [-0.2, 0) is 28.0 Å². The maximum atomic E-state index is 13.0. The molecule has 1 N–H and O–H groups in total. The van der Waals surface area contributed by atoms with Gasteiger partial charge in [-0.25, -0.2) is 12.8 Å². The van der Waals surface area contributed by atoms with E-state index in [1.54, 1.807) is 18.2 Å². The average molecular weight is 499 g/mol. The Bertz CT molecular complexity index is 1240. The van der Waals surface area contributed by atoms with Crippen molar-refractivity contribution in [3.8, 4) is 5.75 Å². The molecule has 3 rings (SSSR count). The van der Waals surface area contributed by atoms with E-state index in [4.69, 9.17) is 4.74 Å². The van der Waals surface area contributed by atoms with E-state index >= 15 is 0 Å². The van der Waals surface area contributed by atoms with Gasteiger partial charge in [-0.05, 0) is 72.9 Å². The topological polar surface area (TPSA) is 75.7 Å². The Morgan fingerprint density at radius 2 is 1.63 bits per heavy atom. The van der Waals surface area contributed by atoms with Crippen LogP contribution in [0.1, 0.15) is 35.1 Å². The number of nitrogens with zero attached hydrogens (tertiary/aromatic N) is 1. The Labute approximate surface area is 206 Å². The van der Waals surface area contributed by atoms with Crippen molar-refractivity contribution in [3.05, 3.63) is 94.8 Å². The fourth-order valence-electron chi connectivity index (χ4n) is 3.59. The molecule has 3 aromatic carbocycles. The first-order chi connectivity index (χ1) is 16.6. The number of halogens is 1. The van der Waals surface area contributed by atoms with E-state index in [9.17, 15) is 17.6 Å². The van der Waals surface area contributed by atoms with E-state index in [1.165, 1.54) is 22.7 Å². The second-order valence-corrected chi connectivity index (χ2v) is 10.4. The molecule has 8 heteroatoms. The number of nitrogens with one attached hydrogen (secondary N) is 1. The summed E-state index contributed by atoms with van der Waals surface area (Å²) in [5.41, 5.74) is 4.36. The maximum absolute atomic E-state index is 13.0. The lowest BCUT2D eigenvalue weighted by Gasteiger charge is -2.24. The van der Waals surface area contributed by atoms with Crippen LogP contribution in [0.2, 0.25) is 0 Å². The highest BCUT2D eigenvalue weighted by atomic mass is 32.2. The summed E-state index contributed by atoms with van der Waals surface area (Å²) in [4.78, 5) is 12.3. The van der Waals surface area contributed by atoms with Crippen LogP contribution in [0, 0.1) is 19.7 Å². The molecule has 3 aromatic rings. The zero-order valence-electron chi connectivity index (χ0n) is 20.3. The van der Waals surface area contributed by atoms with Crippen molar-refractivity contribution in [2.45, 2.75) is 39.8 Å². The molecule has 0 spiro atoms. The van der Waals surface area contributed by atoms with Crippen LogP contribution in [0.15, 0.2) is 66.7 Å². The largest absolute Gasteiger partial charge is 0.489 e. The molecule has 35 heavy (non-hydrogen) atoms. The highest BCUT2D eigenvalue weighted by molar-refractivity contribution is 7.92. The Morgan fingerprint density at radius 3 is 2.29 bits per heavy atom. The second-order valence-electron chi connectivity index (χ2n) is 8.49. The minimum absolute atomic E-state index is 0.143. The van der Waals surface area contributed by atoms with Crippen molar-refractivity contribution in [3.63, 3.8) is 0 Å². The van der Waals surface area contributed by atoms with Gasteiger partial charge >= 0.3 is 0 Å². The Kier molecular flexibility index (Phi) is 8.87. The first-order valence-electron chi connectivity index (χ1n) is 11.4. The number of hydrogen-bond donors (Lipinski definition) is 1. The normalized spacial score (nSPS) is 11.2. The molecule has 186 valence electrons. The number of sulfonamides is 1. The third-order valence-corrected chi connectivity index (χ3v) is 6.92. The first kappa shape index (κ1) is 26.2. The molecule has 0 atom stereocenters. The fourth-order valence-corrected chi connectivity index (χ4v) is 4.61. The van der Waals surface area contributed by atoms with Gasteiger partial charge in [0, 0.05) is 19.5 Å². The van der Waals surface area contributed by atoms with Crippen molar-refractivity contribution in [2.24, 2.45) is 0 Å². The fraction of sp³-hybridized carbons (Fsp3) is 0.296. The zero-order valence-corrected chi connectivity index (χ0v) is 21.1. The minimum Gasteiger partial charge on any atom is -0.489 e. The summed E-state index contributed by atoms with van der Waals surface area (Å²) in [6.07, 6.45) is 1.81. The number of hydrogen-bond acceptors (Lipinski definition) is 4. The Morgan fingerprint density at radius 1 is 0.971 bits per heavy atom. The lowest BCUT2D eigenvalue weighted by molar-refractivity contribution is -0.121. The van der Waals surface area contributed by atoms with Gasteiger partial charge in [-0.15, -0.1) is 0 Å². The van der Waals surface area contributed by atoms with Crippen LogP contribution in [0.5, 0.6) is 5.75 Å². The van der Waals surface area contributed by atoms with Crippen molar-refractivity contribution in [2.75, 3.05) is 17.1 Å². The monoisotopic (exact) mass is 498 g/mol. The zero-order chi connectivity index (χ0) is 25.4. The van der Waals surface area contributed by atoms with E-state index in [-0.39, 0.29) is 24.7 Å². The van der Waals surface area contributed by atoms with Gasteiger partial charge in [-0.2, -0.15) is 0 Å². The van der Waals surface area contributed by atoms with E-state index < -0.39 is 10.0 Å². The molecule has 0 aromatic heterocycles. The highest BCUT2D eigenvalue weighted by Crippen LogP contribution is 2.25. The van der Waals surface area contributed by atoms with Gasteiger partial charge in [-0.1, -0.05) is 36.4 Å². The average Bonchev–Trinajstić information content (AvgIpc) is 2.82. The van der Waals surface area contributed by atoms with Crippen LogP contribution in [0.25, 0.3) is 0 Å². The third-order valence-electron chi connectivity index (χ3n) is 5.74. The summed E-state index contributed by atoms with van der Waals surface area (Å²) >= 11 is 0. The maximum Gasteiger partial charge on any atom is 0.232 e. The molecule has 0 aliphatic carbocycles. The second kappa shape index (κ2) is 11.8. The molecule has 0 fully saturated rings. The van der Waals surface area contributed by atoms with E-state index in [1.807, 2.05) is 50.2 Å². The van der Waals surface area contributed by atoms with Crippen LogP contribution in [0.4, 0.5) is 10.1 Å². The van der Waals surface area contributed by atoms with Crippen molar-refractivity contribution < 1.29 is 22.3 Å². The number of anilines is 1. The van der Waals surface area contributed by atoms with E-state index in [0.717, 1.165) is 22.3 Å². The van der Waals surface area contributed by atoms with E-state index in [2.05, 4.69) is 5.32 Å². The number of carbonyl (C=O) groups is 1. The number of rotatable bonds is 11. The lowest BCUT2D eigenvalue weighted by atomic mass is 10.1. The molecule has 0 radical (unpaired) electrons. The molecule has 6 nitrogen and oxygen atoms in total. The van der Waals surface area contributed by atoms with Gasteiger partial charge < -0.3 is 10.1 Å². The van der Waals surface area contributed by atoms with Gasteiger partial charge in [-0.3, -0.25) is 9.10 Å². The molecule has 0 aliphatic heterocycles. The summed E-state index contributed by atoms with van der Waals surface area (Å²) in [7, 11) is -3.47. The number of amides is 1. The molecule has 0 aliphatic rings. The molecule has 0 unspecified atom stereocenters. The van der Waals surface area contributed by atoms with Crippen molar-refractivity contribution in [1.82, 2.24) is 5.32 Å². The van der Waals surface area contributed by atoms with Gasteiger partial charge in [0.25, 0.3) is 0 Å². The number of carbonyl (C=O) groups excluding carboxylic acids is 1. The van der Waals surface area contributed by atoms with Gasteiger partial charge in [0.1, 0.15) is 18.2 Å². The summed E-state index contributed by atoms with van der Waals surface area (Å²) in [6, 6.07) is 19.1. The minimum atomic E-state index is -3.47. The summed E-state index contributed by atoms with van der Waals surface area (Å²) in [5, 5.41) is 2.87. The lowest BCUT2D eigenvalue weighted by Crippen LogP contribution is -2.32. The first-order valence-corrected chi connectivity index (χ1v) is 13.2. The Hall–Kier alpha value is -3.39.